The quantitative estimate of drug-likeness (QED) is 0.903. The zero-order chi connectivity index (χ0) is 14.2. The molecule has 0 amide bonds. The number of oxazole rings is 1. The Morgan fingerprint density at radius 2 is 1.68 bits per heavy atom. The summed E-state index contributed by atoms with van der Waals surface area (Å²) >= 11 is 11.8. The van der Waals surface area contributed by atoms with Crippen LogP contribution in [0.2, 0.25) is 10.0 Å². The molecular weight excluding hydrogens is 297 g/mol. The number of aromatic carboxylic acids is 2. The number of halogens is 2. The molecule has 1 aromatic carbocycles. The first kappa shape index (κ1) is 13.4. The maximum atomic E-state index is 10.9. The Labute approximate surface area is 116 Å². The lowest BCUT2D eigenvalue weighted by Crippen LogP contribution is -2.05. The van der Waals surface area contributed by atoms with Crippen LogP contribution in [0.3, 0.4) is 0 Å². The van der Waals surface area contributed by atoms with Crippen molar-refractivity contribution in [2.45, 2.75) is 0 Å². The maximum absolute atomic E-state index is 10.9. The first-order valence-electron chi connectivity index (χ1n) is 4.83. The summed E-state index contributed by atoms with van der Waals surface area (Å²) in [5.74, 6) is -4.10. The molecule has 2 aromatic rings. The van der Waals surface area contributed by atoms with E-state index in [4.69, 9.17) is 37.8 Å². The second-order valence-electron chi connectivity index (χ2n) is 3.40. The van der Waals surface area contributed by atoms with Crippen molar-refractivity contribution in [2.75, 3.05) is 0 Å². The summed E-state index contributed by atoms with van der Waals surface area (Å²) in [7, 11) is 0. The van der Waals surface area contributed by atoms with Crippen LogP contribution < -0.4 is 0 Å². The number of nitrogens with zero attached hydrogens (tertiary/aromatic N) is 1. The molecule has 0 saturated heterocycles. The molecule has 0 bridgehead atoms. The summed E-state index contributed by atoms with van der Waals surface area (Å²) in [6, 6.07) is 4.56. The Balaban J connectivity index is 2.68. The van der Waals surface area contributed by atoms with Crippen molar-refractivity contribution in [3.05, 3.63) is 39.7 Å². The minimum absolute atomic E-state index is 0.140. The zero-order valence-corrected chi connectivity index (χ0v) is 10.6. The molecule has 0 unspecified atom stereocenters. The first-order valence-corrected chi connectivity index (χ1v) is 5.59. The minimum atomic E-state index is -1.54. The fourth-order valence-corrected chi connectivity index (χ4v) is 1.98. The van der Waals surface area contributed by atoms with Gasteiger partial charge < -0.3 is 14.6 Å². The van der Waals surface area contributed by atoms with Crippen molar-refractivity contribution in [1.29, 1.82) is 0 Å². The number of carboxylic acid groups (broad SMARTS) is 2. The SMILES string of the molecule is O=C(O)c1nc(-c2c(Cl)cccc2Cl)oc1C(=O)O. The molecule has 0 atom stereocenters. The van der Waals surface area contributed by atoms with Gasteiger partial charge in [-0.15, -0.1) is 0 Å². The van der Waals surface area contributed by atoms with E-state index in [1.54, 1.807) is 6.07 Å². The molecule has 1 heterocycles. The van der Waals surface area contributed by atoms with Crippen LogP contribution in [-0.2, 0) is 0 Å². The highest BCUT2D eigenvalue weighted by molar-refractivity contribution is 6.38. The largest absolute Gasteiger partial charge is 0.476 e. The van der Waals surface area contributed by atoms with Gasteiger partial charge in [0.2, 0.25) is 17.3 Å². The molecular formula is C11H5Cl2NO5. The number of hydrogen-bond acceptors (Lipinski definition) is 4. The van der Waals surface area contributed by atoms with Crippen LogP contribution in [-0.4, -0.2) is 27.1 Å². The number of rotatable bonds is 3. The van der Waals surface area contributed by atoms with E-state index in [0.29, 0.717) is 0 Å². The summed E-state index contributed by atoms with van der Waals surface area (Å²) < 4.78 is 4.92. The van der Waals surface area contributed by atoms with Gasteiger partial charge in [-0.1, -0.05) is 29.3 Å². The van der Waals surface area contributed by atoms with Crippen LogP contribution in [0, 0.1) is 0 Å². The summed E-state index contributed by atoms with van der Waals surface area (Å²) in [5.41, 5.74) is -0.570. The molecule has 98 valence electrons. The standard InChI is InChI=1S/C11H5Cl2NO5/c12-4-2-1-3-5(13)6(4)9-14-7(10(15)16)8(19-9)11(17)18/h1-3H,(H,15,16)(H,17,18). The maximum Gasteiger partial charge on any atom is 0.374 e. The van der Waals surface area contributed by atoms with Gasteiger partial charge in [0, 0.05) is 0 Å². The van der Waals surface area contributed by atoms with E-state index in [1.165, 1.54) is 12.1 Å². The molecule has 0 spiro atoms. The predicted molar refractivity (Wildman–Crippen MR) is 65.9 cm³/mol. The first-order chi connectivity index (χ1) is 8.91. The Hall–Kier alpha value is -2.05. The monoisotopic (exact) mass is 301 g/mol. The van der Waals surface area contributed by atoms with Crippen LogP contribution in [0.4, 0.5) is 0 Å². The molecule has 2 N–H and O–H groups in total. The second-order valence-corrected chi connectivity index (χ2v) is 4.22. The highest BCUT2D eigenvalue weighted by Gasteiger charge is 2.27. The predicted octanol–water partition coefficient (Wildman–Crippen LogP) is 3.04. The average Bonchev–Trinajstić information content (AvgIpc) is 2.73. The Morgan fingerprint density at radius 3 is 2.11 bits per heavy atom. The highest BCUT2D eigenvalue weighted by atomic mass is 35.5. The summed E-state index contributed by atoms with van der Waals surface area (Å²) in [5, 5.41) is 18.1. The minimum Gasteiger partial charge on any atom is -0.476 e. The van der Waals surface area contributed by atoms with E-state index in [-0.39, 0.29) is 21.5 Å². The van der Waals surface area contributed by atoms with E-state index in [9.17, 15) is 9.59 Å². The van der Waals surface area contributed by atoms with E-state index in [1.807, 2.05) is 0 Å². The number of hydrogen-bond donors (Lipinski definition) is 2. The van der Waals surface area contributed by atoms with Crippen LogP contribution in [0.25, 0.3) is 11.5 Å². The Kier molecular flexibility index (Phi) is 3.46. The molecule has 0 aliphatic rings. The van der Waals surface area contributed by atoms with Gasteiger partial charge >= 0.3 is 11.9 Å². The fourth-order valence-electron chi connectivity index (χ4n) is 1.42. The molecule has 8 heteroatoms. The molecule has 0 fully saturated rings. The average molecular weight is 302 g/mol. The van der Waals surface area contributed by atoms with E-state index >= 15 is 0 Å². The topological polar surface area (TPSA) is 101 Å². The zero-order valence-electron chi connectivity index (χ0n) is 9.05. The van der Waals surface area contributed by atoms with Gasteiger partial charge in [0.15, 0.2) is 0 Å². The van der Waals surface area contributed by atoms with E-state index in [2.05, 4.69) is 4.98 Å². The third-order valence-electron chi connectivity index (χ3n) is 2.20. The molecule has 1 aromatic heterocycles. The van der Waals surface area contributed by atoms with Gasteiger partial charge in [-0.2, -0.15) is 0 Å². The van der Waals surface area contributed by atoms with Gasteiger partial charge in [-0.25, -0.2) is 14.6 Å². The Bertz CT molecular complexity index is 628. The number of carbonyl (C=O) groups is 2. The van der Waals surface area contributed by atoms with E-state index < -0.39 is 23.4 Å². The van der Waals surface area contributed by atoms with Crippen molar-refractivity contribution in [3.8, 4) is 11.5 Å². The summed E-state index contributed by atoms with van der Waals surface area (Å²) in [4.78, 5) is 25.4. The number of aromatic nitrogens is 1. The lowest BCUT2D eigenvalue weighted by Gasteiger charge is -2.01. The smallest absolute Gasteiger partial charge is 0.374 e. The third kappa shape index (κ3) is 2.40. The second kappa shape index (κ2) is 4.91. The molecule has 19 heavy (non-hydrogen) atoms. The molecule has 0 radical (unpaired) electrons. The molecule has 0 aliphatic carbocycles. The van der Waals surface area contributed by atoms with Crippen molar-refractivity contribution >= 4 is 35.1 Å². The van der Waals surface area contributed by atoms with Crippen LogP contribution in [0.15, 0.2) is 22.6 Å². The normalized spacial score (nSPS) is 10.4. The third-order valence-corrected chi connectivity index (χ3v) is 2.83. The van der Waals surface area contributed by atoms with Crippen LogP contribution >= 0.6 is 23.2 Å². The van der Waals surface area contributed by atoms with Crippen molar-refractivity contribution in [3.63, 3.8) is 0 Å². The van der Waals surface area contributed by atoms with Gasteiger partial charge in [0.05, 0.1) is 15.6 Å². The highest BCUT2D eigenvalue weighted by Crippen LogP contribution is 2.34. The summed E-state index contributed by atoms with van der Waals surface area (Å²) in [6.07, 6.45) is 0. The van der Waals surface area contributed by atoms with Gasteiger partial charge in [-0.3, -0.25) is 0 Å². The van der Waals surface area contributed by atoms with Crippen LogP contribution in [0.5, 0.6) is 0 Å². The summed E-state index contributed by atoms with van der Waals surface area (Å²) in [6.45, 7) is 0. The lowest BCUT2D eigenvalue weighted by atomic mass is 10.2. The number of benzene rings is 1. The molecule has 6 nitrogen and oxygen atoms in total. The van der Waals surface area contributed by atoms with E-state index in [0.717, 1.165) is 0 Å². The fraction of sp³-hybridized carbons (Fsp3) is 0. The molecule has 0 saturated carbocycles. The van der Waals surface area contributed by atoms with Crippen molar-refractivity contribution < 1.29 is 24.2 Å². The van der Waals surface area contributed by atoms with Crippen molar-refractivity contribution in [2.24, 2.45) is 0 Å². The van der Waals surface area contributed by atoms with Gasteiger partial charge in [0.25, 0.3) is 0 Å². The lowest BCUT2D eigenvalue weighted by molar-refractivity contribution is 0.0624. The molecule has 2 rings (SSSR count). The number of carboxylic acids is 2. The van der Waals surface area contributed by atoms with Gasteiger partial charge in [-0.05, 0) is 12.1 Å². The Morgan fingerprint density at radius 1 is 1.11 bits per heavy atom. The van der Waals surface area contributed by atoms with Crippen molar-refractivity contribution in [1.82, 2.24) is 4.98 Å². The van der Waals surface area contributed by atoms with Gasteiger partial charge in [0.1, 0.15) is 0 Å². The molecule has 0 aliphatic heterocycles. The van der Waals surface area contributed by atoms with Crippen LogP contribution in [0.1, 0.15) is 21.0 Å².